The molecule has 5 nitrogen and oxygen atoms in total. The highest BCUT2D eigenvalue weighted by Crippen LogP contribution is 2.17. The maximum atomic E-state index is 12.0. The van der Waals surface area contributed by atoms with Crippen LogP contribution in [0.4, 0.5) is 4.79 Å². The van der Waals surface area contributed by atoms with Gasteiger partial charge in [0.1, 0.15) is 6.04 Å². The summed E-state index contributed by atoms with van der Waals surface area (Å²) in [5, 5.41) is 11.8. The molecule has 1 aromatic carbocycles. The summed E-state index contributed by atoms with van der Waals surface area (Å²) in [7, 11) is 0. The van der Waals surface area contributed by atoms with E-state index in [1.54, 1.807) is 0 Å². The highest BCUT2D eigenvalue weighted by molar-refractivity contribution is 9.10. The monoisotopic (exact) mass is 326 g/mol. The minimum Gasteiger partial charge on any atom is -0.465 e. The first-order valence-electron chi connectivity index (χ1n) is 6.09. The van der Waals surface area contributed by atoms with Crippen molar-refractivity contribution >= 4 is 27.9 Å². The largest absolute Gasteiger partial charge is 0.465 e. The molecule has 102 valence electrons. The molecule has 19 heavy (non-hydrogen) atoms. The number of rotatable bonds is 3. The molecule has 0 aromatic heterocycles. The number of hydrogen-bond acceptors (Lipinski definition) is 2. The minimum atomic E-state index is -1.03. The predicted octanol–water partition coefficient (Wildman–Crippen LogP) is 2.21. The van der Waals surface area contributed by atoms with Crippen LogP contribution in [0, 0.1) is 0 Å². The van der Waals surface area contributed by atoms with E-state index in [0.29, 0.717) is 19.5 Å². The number of carboxylic acid groups (broad SMARTS) is 1. The summed E-state index contributed by atoms with van der Waals surface area (Å²) in [6.07, 6.45) is 0.304. The summed E-state index contributed by atoms with van der Waals surface area (Å²) in [6.45, 7) is 0.840. The fourth-order valence-corrected chi connectivity index (χ4v) is 2.67. The topological polar surface area (TPSA) is 69.6 Å². The van der Waals surface area contributed by atoms with Crippen LogP contribution in [0.15, 0.2) is 28.7 Å². The molecular formula is C13H15BrN2O3. The normalized spacial score (nSPS) is 18.4. The van der Waals surface area contributed by atoms with Crippen LogP contribution in [0.3, 0.4) is 0 Å². The molecule has 6 heteroatoms. The van der Waals surface area contributed by atoms with Crippen molar-refractivity contribution < 1.29 is 14.7 Å². The fraction of sp³-hybridized carbons (Fsp3) is 0.385. The van der Waals surface area contributed by atoms with Gasteiger partial charge >= 0.3 is 6.09 Å². The Hall–Kier alpha value is -1.56. The van der Waals surface area contributed by atoms with Crippen molar-refractivity contribution in [2.45, 2.75) is 25.4 Å². The third-order valence-corrected chi connectivity index (χ3v) is 3.65. The van der Waals surface area contributed by atoms with E-state index < -0.39 is 12.1 Å². The molecule has 1 saturated heterocycles. The number of carbonyl (C=O) groups excluding carboxylic acids is 1. The van der Waals surface area contributed by atoms with Gasteiger partial charge < -0.3 is 10.4 Å². The lowest BCUT2D eigenvalue weighted by Gasteiger charge is -2.20. The van der Waals surface area contributed by atoms with Gasteiger partial charge in [0, 0.05) is 17.6 Å². The van der Waals surface area contributed by atoms with Gasteiger partial charge in [-0.3, -0.25) is 9.69 Å². The molecule has 0 radical (unpaired) electrons. The van der Waals surface area contributed by atoms with Gasteiger partial charge in [-0.05, 0) is 30.5 Å². The molecule has 1 aliphatic rings. The lowest BCUT2D eigenvalue weighted by atomic mass is 10.2. The smallest absolute Gasteiger partial charge is 0.407 e. The number of halogens is 1. The maximum absolute atomic E-state index is 12.0. The van der Waals surface area contributed by atoms with Gasteiger partial charge in [0.25, 0.3) is 0 Å². The van der Waals surface area contributed by atoms with E-state index in [1.165, 1.54) is 4.90 Å². The maximum Gasteiger partial charge on any atom is 0.407 e. The van der Waals surface area contributed by atoms with Crippen molar-refractivity contribution in [2.75, 3.05) is 6.54 Å². The van der Waals surface area contributed by atoms with Crippen molar-refractivity contribution in [1.29, 1.82) is 0 Å². The molecule has 0 bridgehead atoms. The number of amides is 2. The van der Waals surface area contributed by atoms with Crippen molar-refractivity contribution in [1.82, 2.24) is 10.2 Å². The van der Waals surface area contributed by atoms with Crippen LogP contribution in [-0.4, -0.2) is 34.6 Å². The number of hydrogen-bond donors (Lipinski definition) is 2. The minimum absolute atomic E-state index is 0.222. The highest BCUT2D eigenvalue weighted by Gasteiger charge is 2.33. The lowest BCUT2D eigenvalue weighted by Crippen LogP contribution is -2.45. The Labute approximate surface area is 119 Å². The molecule has 0 saturated carbocycles. The standard InChI is InChI=1S/C13H15BrN2O3/c14-10-4-1-3-9(7-10)8-15-12(17)11-5-2-6-16(11)13(18)19/h1,3-4,7,11H,2,5-6,8H2,(H,15,17)(H,18,19)/t11-/m0/s1. The molecule has 0 spiro atoms. The van der Waals surface area contributed by atoms with Gasteiger partial charge in [-0.25, -0.2) is 4.79 Å². The average Bonchev–Trinajstić information content (AvgIpc) is 2.85. The Morgan fingerprint density at radius 2 is 2.26 bits per heavy atom. The fourth-order valence-electron chi connectivity index (χ4n) is 2.22. The third-order valence-electron chi connectivity index (χ3n) is 3.16. The lowest BCUT2D eigenvalue weighted by molar-refractivity contribution is -0.125. The number of nitrogens with zero attached hydrogens (tertiary/aromatic N) is 1. The zero-order valence-corrected chi connectivity index (χ0v) is 11.9. The molecule has 1 heterocycles. The second-order valence-corrected chi connectivity index (χ2v) is 5.40. The third kappa shape index (κ3) is 3.47. The predicted molar refractivity (Wildman–Crippen MR) is 73.7 cm³/mol. The highest BCUT2D eigenvalue weighted by atomic mass is 79.9. The summed E-state index contributed by atoms with van der Waals surface area (Å²) >= 11 is 3.37. The summed E-state index contributed by atoms with van der Waals surface area (Å²) in [6, 6.07) is 7.09. The van der Waals surface area contributed by atoms with Gasteiger partial charge in [-0.1, -0.05) is 28.1 Å². The summed E-state index contributed by atoms with van der Waals surface area (Å²) in [4.78, 5) is 24.2. The van der Waals surface area contributed by atoms with E-state index >= 15 is 0 Å². The van der Waals surface area contributed by atoms with E-state index in [0.717, 1.165) is 16.5 Å². The molecule has 2 amide bonds. The first-order valence-corrected chi connectivity index (χ1v) is 6.89. The Kier molecular flexibility index (Phi) is 4.42. The number of nitrogens with one attached hydrogen (secondary N) is 1. The molecule has 1 fully saturated rings. The second-order valence-electron chi connectivity index (χ2n) is 4.48. The van der Waals surface area contributed by atoms with Crippen LogP contribution in [0.25, 0.3) is 0 Å². The first-order chi connectivity index (χ1) is 9.08. The summed E-state index contributed by atoms with van der Waals surface area (Å²) in [5.74, 6) is -0.222. The van der Waals surface area contributed by atoms with Gasteiger partial charge in [-0.2, -0.15) is 0 Å². The van der Waals surface area contributed by atoms with Crippen LogP contribution in [0.1, 0.15) is 18.4 Å². The van der Waals surface area contributed by atoms with Crippen molar-refractivity contribution in [3.63, 3.8) is 0 Å². The van der Waals surface area contributed by atoms with Crippen molar-refractivity contribution in [3.8, 4) is 0 Å². The number of carbonyl (C=O) groups is 2. The SMILES string of the molecule is O=C(NCc1cccc(Br)c1)[C@@H]1CCCN1C(=O)O. The zero-order chi connectivity index (χ0) is 13.8. The molecule has 1 aromatic rings. The Balaban J connectivity index is 1.92. The van der Waals surface area contributed by atoms with Crippen LogP contribution in [-0.2, 0) is 11.3 Å². The van der Waals surface area contributed by atoms with Crippen LogP contribution in [0.2, 0.25) is 0 Å². The van der Waals surface area contributed by atoms with E-state index in [-0.39, 0.29) is 5.91 Å². The molecule has 1 atom stereocenters. The molecule has 1 aliphatic heterocycles. The first kappa shape index (κ1) is 13.9. The van der Waals surface area contributed by atoms with Gasteiger partial charge in [0.2, 0.25) is 5.91 Å². The van der Waals surface area contributed by atoms with Gasteiger partial charge in [0.15, 0.2) is 0 Å². The Morgan fingerprint density at radius 3 is 2.95 bits per heavy atom. The van der Waals surface area contributed by atoms with Crippen LogP contribution >= 0.6 is 15.9 Å². The van der Waals surface area contributed by atoms with Crippen molar-refractivity contribution in [3.05, 3.63) is 34.3 Å². The van der Waals surface area contributed by atoms with Crippen LogP contribution in [0.5, 0.6) is 0 Å². The molecule has 0 unspecified atom stereocenters. The van der Waals surface area contributed by atoms with E-state index in [2.05, 4.69) is 21.2 Å². The average molecular weight is 327 g/mol. The molecule has 2 N–H and O–H groups in total. The van der Waals surface area contributed by atoms with Crippen molar-refractivity contribution in [2.24, 2.45) is 0 Å². The van der Waals surface area contributed by atoms with Gasteiger partial charge in [0.05, 0.1) is 0 Å². The van der Waals surface area contributed by atoms with E-state index in [4.69, 9.17) is 5.11 Å². The quantitative estimate of drug-likeness (QED) is 0.894. The van der Waals surface area contributed by atoms with E-state index in [9.17, 15) is 9.59 Å². The zero-order valence-electron chi connectivity index (χ0n) is 10.3. The Bertz CT molecular complexity index is 493. The summed E-state index contributed by atoms with van der Waals surface area (Å²) < 4.78 is 0.951. The van der Waals surface area contributed by atoms with Gasteiger partial charge in [-0.15, -0.1) is 0 Å². The second kappa shape index (κ2) is 6.06. The summed E-state index contributed by atoms with van der Waals surface area (Å²) in [5.41, 5.74) is 0.975. The molecule has 2 rings (SSSR count). The number of likely N-dealkylation sites (tertiary alicyclic amines) is 1. The number of benzene rings is 1. The molecular weight excluding hydrogens is 312 g/mol. The van der Waals surface area contributed by atoms with Crippen LogP contribution < -0.4 is 5.32 Å². The molecule has 0 aliphatic carbocycles. The Morgan fingerprint density at radius 1 is 1.47 bits per heavy atom. The van der Waals surface area contributed by atoms with E-state index in [1.807, 2.05) is 24.3 Å².